The van der Waals surface area contributed by atoms with Crippen molar-refractivity contribution in [3.05, 3.63) is 46.1 Å². The highest BCUT2D eigenvalue weighted by atomic mass is 32.1. The molecule has 126 valence electrons. The van der Waals surface area contributed by atoms with Gasteiger partial charge in [0.2, 0.25) is 5.91 Å². The van der Waals surface area contributed by atoms with E-state index in [1.807, 2.05) is 19.1 Å². The fraction of sp³-hybridized carbons (Fsp3) is 0.353. The highest BCUT2D eigenvalue weighted by molar-refractivity contribution is 7.12. The third-order valence-corrected chi connectivity index (χ3v) is 4.53. The van der Waals surface area contributed by atoms with E-state index >= 15 is 0 Å². The minimum Gasteiger partial charge on any atom is -0.378 e. The number of hydrogen-bond donors (Lipinski definition) is 1. The van der Waals surface area contributed by atoms with Crippen LogP contribution in [0.5, 0.6) is 0 Å². The van der Waals surface area contributed by atoms with Gasteiger partial charge in [-0.1, -0.05) is 6.07 Å². The largest absolute Gasteiger partial charge is 0.378 e. The summed E-state index contributed by atoms with van der Waals surface area (Å²) < 4.78 is 5.34. The van der Waals surface area contributed by atoms with E-state index in [2.05, 4.69) is 20.2 Å². The van der Waals surface area contributed by atoms with Gasteiger partial charge in [-0.15, -0.1) is 11.3 Å². The first-order valence-electron chi connectivity index (χ1n) is 7.87. The fourth-order valence-electron chi connectivity index (χ4n) is 2.36. The molecule has 3 rings (SSSR count). The van der Waals surface area contributed by atoms with Crippen molar-refractivity contribution >= 4 is 29.1 Å². The molecule has 1 saturated heterocycles. The molecule has 1 N–H and O–H groups in total. The lowest BCUT2D eigenvalue weighted by Gasteiger charge is -2.27. The summed E-state index contributed by atoms with van der Waals surface area (Å²) in [6, 6.07) is 3.98. The van der Waals surface area contributed by atoms with Crippen molar-refractivity contribution in [2.45, 2.75) is 13.5 Å². The number of morpholine rings is 1. The number of amides is 1. The molecule has 0 atom stereocenters. The second-order valence-electron chi connectivity index (χ2n) is 5.46. The molecule has 2 aromatic heterocycles. The summed E-state index contributed by atoms with van der Waals surface area (Å²) in [6.45, 7) is 5.61. The van der Waals surface area contributed by atoms with Crippen LogP contribution in [0, 0.1) is 6.92 Å². The molecule has 0 radical (unpaired) electrons. The highest BCUT2D eigenvalue weighted by Crippen LogP contribution is 2.14. The van der Waals surface area contributed by atoms with Crippen molar-refractivity contribution in [1.29, 1.82) is 0 Å². The first-order valence-corrected chi connectivity index (χ1v) is 8.68. The van der Waals surface area contributed by atoms with E-state index in [0.29, 0.717) is 6.54 Å². The van der Waals surface area contributed by atoms with Gasteiger partial charge in [0, 0.05) is 43.0 Å². The van der Waals surface area contributed by atoms with Gasteiger partial charge >= 0.3 is 0 Å². The van der Waals surface area contributed by atoms with E-state index in [4.69, 9.17) is 4.74 Å². The van der Waals surface area contributed by atoms with Crippen molar-refractivity contribution < 1.29 is 9.53 Å². The van der Waals surface area contributed by atoms with Crippen LogP contribution in [0.15, 0.2) is 30.6 Å². The van der Waals surface area contributed by atoms with Crippen molar-refractivity contribution in [3.63, 3.8) is 0 Å². The van der Waals surface area contributed by atoms with E-state index in [0.717, 1.165) is 47.6 Å². The first kappa shape index (κ1) is 16.6. The molecule has 0 unspecified atom stereocenters. The Morgan fingerprint density at radius 3 is 2.83 bits per heavy atom. The molecule has 1 amide bonds. The zero-order valence-electron chi connectivity index (χ0n) is 13.6. The van der Waals surface area contributed by atoms with Gasteiger partial charge in [0.15, 0.2) is 0 Å². The maximum absolute atomic E-state index is 11.9. The van der Waals surface area contributed by atoms with Crippen LogP contribution in [-0.2, 0) is 16.1 Å². The Morgan fingerprint density at radius 1 is 1.33 bits per heavy atom. The Hall–Kier alpha value is -2.25. The molecule has 0 spiro atoms. The van der Waals surface area contributed by atoms with Crippen molar-refractivity contribution in [1.82, 2.24) is 15.3 Å². The quantitative estimate of drug-likeness (QED) is 0.841. The van der Waals surface area contributed by atoms with Crippen molar-refractivity contribution in [2.75, 3.05) is 31.2 Å². The smallest absolute Gasteiger partial charge is 0.244 e. The molecule has 0 saturated carbocycles. The molecule has 0 aliphatic carbocycles. The van der Waals surface area contributed by atoms with Crippen LogP contribution < -0.4 is 10.2 Å². The summed E-state index contributed by atoms with van der Waals surface area (Å²) in [6.07, 6.45) is 6.88. The summed E-state index contributed by atoms with van der Waals surface area (Å²) in [7, 11) is 0. The zero-order valence-corrected chi connectivity index (χ0v) is 14.4. The van der Waals surface area contributed by atoms with Gasteiger partial charge in [-0.05, 0) is 24.6 Å². The van der Waals surface area contributed by atoms with Gasteiger partial charge in [0.25, 0.3) is 0 Å². The lowest BCUT2D eigenvalue weighted by Crippen LogP contribution is -2.36. The summed E-state index contributed by atoms with van der Waals surface area (Å²) in [4.78, 5) is 23.6. The summed E-state index contributed by atoms with van der Waals surface area (Å²) in [5.41, 5.74) is 0.974. The van der Waals surface area contributed by atoms with Crippen molar-refractivity contribution in [2.24, 2.45) is 0 Å². The number of aryl methyl sites for hydroxylation is 1. The SMILES string of the molecule is Cc1ncc(C=CC(=O)NCc2ccc(N3CCOCC3)nc2)s1. The maximum Gasteiger partial charge on any atom is 0.244 e. The van der Waals surface area contributed by atoms with Crippen LogP contribution in [-0.4, -0.2) is 42.2 Å². The van der Waals surface area contributed by atoms with Gasteiger partial charge in [-0.3, -0.25) is 4.79 Å². The minimum absolute atomic E-state index is 0.127. The second kappa shape index (κ2) is 8.03. The van der Waals surface area contributed by atoms with Gasteiger partial charge < -0.3 is 15.0 Å². The minimum atomic E-state index is -0.127. The average molecular weight is 344 g/mol. The number of rotatable bonds is 5. The van der Waals surface area contributed by atoms with E-state index in [9.17, 15) is 4.79 Å². The third kappa shape index (κ3) is 4.62. The average Bonchev–Trinajstić information content (AvgIpc) is 3.05. The third-order valence-electron chi connectivity index (χ3n) is 3.65. The van der Waals surface area contributed by atoms with Crippen molar-refractivity contribution in [3.8, 4) is 0 Å². The first-order chi connectivity index (χ1) is 11.7. The van der Waals surface area contributed by atoms with Crippen LogP contribution in [0.2, 0.25) is 0 Å². The lowest BCUT2D eigenvalue weighted by molar-refractivity contribution is -0.116. The number of hydrogen-bond acceptors (Lipinski definition) is 6. The zero-order chi connectivity index (χ0) is 16.8. The standard InChI is InChI=1S/C17H20N4O2S/c1-13-18-12-15(24-13)3-5-17(22)20-11-14-2-4-16(19-10-14)21-6-8-23-9-7-21/h2-5,10,12H,6-9,11H2,1H3,(H,20,22). The van der Waals surface area contributed by atoms with E-state index in [-0.39, 0.29) is 5.91 Å². The lowest BCUT2D eigenvalue weighted by atomic mass is 10.2. The van der Waals surface area contributed by atoms with Crippen LogP contribution in [0.1, 0.15) is 15.4 Å². The van der Waals surface area contributed by atoms with Crippen LogP contribution in [0.3, 0.4) is 0 Å². The molecule has 1 aliphatic heterocycles. The van der Waals surface area contributed by atoms with Gasteiger partial charge in [-0.2, -0.15) is 0 Å². The number of carbonyl (C=O) groups excluding carboxylic acids is 1. The Kier molecular flexibility index (Phi) is 5.55. The molecule has 0 aromatic carbocycles. The summed E-state index contributed by atoms with van der Waals surface area (Å²) >= 11 is 1.56. The molecule has 1 fully saturated rings. The monoisotopic (exact) mass is 344 g/mol. The predicted molar refractivity (Wildman–Crippen MR) is 95.0 cm³/mol. The molecule has 24 heavy (non-hydrogen) atoms. The predicted octanol–water partition coefficient (Wildman–Crippen LogP) is 2.01. The molecule has 3 heterocycles. The molecule has 2 aromatic rings. The number of carbonyl (C=O) groups is 1. The van der Waals surface area contributed by atoms with Gasteiger partial charge in [-0.25, -0.2) is 9.97 Å². The Balaban J connectivity index is 1.49. The molecular formula is C17H20N4O2S. The number of thiazole rings is 1. The van der Waals surface area contributed by atoms with Crippen LogP contribution >= 0.6 is 11.3 Å². The number of ether oxygens (including phenoxy) is 1. The Bertz CT molecular complexity index is 706. The number of pyridine rings is 1. The van der Waals surface area contributed by atoms with E-state index in [1.165, 1.54) is 6.08 Å². The van der Waals surface area contributed by atoms with Crippen LogP contribution in [0.4, 0.5) is 5.82 Å². The summed E-state index contributed by atoms with van der Waals surface area (Å²) in [5, 5.41) is 3.85. The second-order valence-corrected chi connectivity index (χ2v) is 6.72. The Labute approximate surface area is 145 Å². The number of nitrogens with zero attached hydrogens (tertiary/aromatic N) is 3. The van der Waals surface area contributed by atoms with E-state index in [1.54, 1.807) is 29.8 Å². The molecule has 1 aliphatic rings. The normalized spacial score (nSPS) is 15.0. The topological polar surface area (TPSA) is 67.4 Å². The number of aromatic nitrogens is 2. The molecular weight excluding hydrogens is 324 g/mol. The Morgan fingerprint density at radius 2 is 2.17 bits per heavy atom. The van der Waals surface area contributed by atoms with E-state index < -0.39 is 0 Å². The molecule has 7 heteroatoms. The fourth-order valence-corrected chi connectivity index (χ4v) is 3.05. The molecule has 0 bridgehead atoms. The van der Waals surface area contributed by atoms with Gasteiger partial charge in [0.05, 0.1) is 18.2 Å². The summed E-state index contributed by atoms with van der Waals surface area (Å²) in [5.74, 6) is 0.826. The number of anilines is 1. The van der Waals surface area contributed by atoms with Crippen LogP contribution in [0.25, 0.3) is 6.08 Å². The maximum atomic E-state index is 11.9. The molecule has 6 nitrogen and oxygen atoms in total. The highest BCUT2D eigenvalue weighted by Gasteiger charge is 2.11. The van der Waals surface area contributed by atoms with Gasteiger partial charge in [0.1, 0.15) is 5.82 Å². The number of nitrogens with one attached hydrogen (secondary N) is 1.